The molecule has 0 bridgehead atoms. The predicted octanol–water partition coefficient (Wildman–Crippen LogP) is 4.91. The molecular weight excluding hydrogens is 374 g/mol. The minimum atomic E-state index is -0.439. The molecule has 1 aromatic heterocycles. The van der Waals surface area contributed by atoms with Crippen LogP contribution in [0.25, 0.3) is 10.6 Å². The van der Waals surface area contributed by atoms with Crippen molar-refractivity contribution in [2.75, 3.05) is 6.61 Å². The highest BCUT2D eigenvalue weighted by Crippen LogP contribution is 2.40. The van der Waals surface area contributed by atoms with E-state index in [1.165, 1.54) is 11.3 Å². The molecule has 0 radical (unpaired) electrons. The van der Waals surface area contributed by atoms with E-state index in [2.05, 4.69) is 16.4 Å². The van der Waals surface area contributed by atoms with Gasteiger partial charge in [-0.2, -0.15) is 5.26 Å². The normalized spacial score (nSPS) is 15.2. The van der Waals surface area contributed by atoms with E-state index in [1.54, 1.807) is 6.20 Å². The lowest BCUT2D eigenvalue weighted by Gasteiger charge is -2.34. The van der Waals surface area contributed by atoms with Crippen LogP contribution in [0.2, 0.25) is 0 Å². The third-order valence-corrected chi connectivity index (χ3v) is 5.56. The van der Waals surface area contributed by atoms with E-state index < -0.39 is 6.09 Å². The fourth-order valence-corrected chi connectivity index (χ4v) is 3.62. The molecular formula is C21H25N3O3S. The van der Waals surface area contributed by atoms with Gasteiger partial charge in [0.2, 0.25) is 0 Å². The Bertz CT molecular complexity index is 858. The highest BCUT2D eigenvalue weighted by atomic mass is 32.1. The van der Waals surface area contributed by atoms with Gasteiger partial charge in [0.25, 0.3) is 0 Å². The second-order valence-electron chi connectivity index (χ2n) is 8.14. The SMILES string of the molecule is CC(C)(C)NC(=O)OCc1cnc(-c2ccc(OCC3(C#N)CCC3)cc2)s1. The molecule has 0 atom stereocenters. The zero-order valence-corrected chi connectivity index (χ0v) is 17.3. The van der Waals surface area contributed by atoms with Crippen molar-refractivity contribution in [3.63, 3.8) is 0 Å². The third kappa shape index (κ3) is 5.23. The number of nitrogens with one attached hydrogen (secondary N) is 1. The van der Waals surface area contributed by atoms with Crippen LogP contribution in [-0.4, -0.2) is 23.2 Å². The van der Waals surface area contributed by atoms with E-state index in [0.717, 1.165) is 40.5 Å². The fraction of sp³-hybridized carbons (Fsp3) is 0.476. The van der Waals surface area contributed by atoms with Gasteiger partial charge in [-0.15, -0.1) is 11.3 Å². The Morgan fingerprint density at radius 2 is 2.04 bits per heavy atom. The van der Waals surface area contributed by atoms with Crippen molar-refractivity contribution in [2.45, 2.75) is 52.2 Å². The third-order valence-electron chi connectivity index (χ3n) is 4.54. The first-order valence-electron chi connectivity index (χ1n) is 9.33. The maximum absolute atomic E-state index is 11.7. The van der Waals surface area contributed by atoms with Crippen LogP contribution in [-0.2, 0) is 11.3 Å². The number of nitrogens with zero attached hydrogens (tertiary/aromatic N) is 2. The number of aromatic nitrogens is 1. The van der Waals surface area contributed by atoms with Crippen molar-refractivity contribution in [3.05, 3.63) is 35.3 Å². The molecule has 1 fully saturated rings. The molecule has 7 heteroatoms. The standard InChI is InChI=1S/C21H25N3O3S/c1-20(2,3)24-19(25)26-12-17-11-23-18(28-17)15-5-7-16(8-6-15)27-14-21(13-22)9-4-10-21/h5-8,11H,4,9-10,12,14H2,1-3H3,(H,24,25). The van der Waals surface area contributed by atoms with Crippen LogP contribution in [0.1, 0.15) is 44.9 Å². The van der Waals surface area contributed by atoms with E-state index in [-0.39, 0.29) is 17.6 Å². The predicted molar refractivity (Wildman–Crippen MR) is 108 cm³/mol. The summed E-state index contributed by atoms with van der Waals surface area (Å²) in [7, 11) is 0. The number of benzene rings is 1. The number of thiazole rings is 1. The first-order valence-corrected chi connectivity index (χ1v) is 10.1. The Hall–Kier alpha value is -2.59. The summed E-state index contributed by atoms with van der Waals surface area (Å²) in [6, 6.07) is 10.1. The van der Waals surface area contributed by atoms with Crippen LogP contribution < -0.4 is 10.1 Å². The Balaban J connectivity index is 1.53. The van der Waals surface area contributed by atoms with Gasteiger partial charge in [0.1, 0.15) is 24.0 Å². The lowest BCUT2D eigenvalue weighted by atomic mass is 9.71. The second-order valence-corrected chi connectivity index (χ2v) is 9.26. The number of ether oxygens (including phenoxy) is 2. The summed E-state index contributed by atoms with van der Waals surface area (Å²) in [5.74, 6) is 0.754. The van der Waals surface area contributed by atoms with Gasteiger partial charge in [-0.1, -0.05) is 6.42 Å². The lowest BCUT2D eigenvalue weighted by Crippen LogP contribution is -2.40. The summed E-state index contributed by atoms with van der Waals surface area (Å²) in [6.45, 7) is 6.34. The summed E-state index contributed by atoms with van der Waals surface area (Å²) >= 11 is 1.49. The maximum Gasteiger partial charge on any atom is 0.407 e. The number of rotatable bonds is 6. The van der Waals surface area contributed by atoms with Crippen molar-refractivity contribution in [3.8, 4) is 22.4 Å². The topological polar surface area (TPSA) is 84.2 Å². The van der Waals surface area contributed by atoms with Crippen molar-refractivity contribution in [2.24, 2.45) is 5.41 Å². The van der Waals surface area contributed by atoms with Crippen molar-refractivity contribution >= 4 is 17.4 Å². The van der Waals surface area contributed by atoms with Crippen LogP contribution in [0.4, 0.5) is 4.79 Å². The number of nitriles is 1. The van der Waals surface area contributed by atoms with Crippen molar-refractivity contribution in [1.29, 1.82) is 5.26 Å². The molecule has 28 heavy (non-hydrogen) atoms. The summed E-state index contributed by atoms with van der Waals surface area (Å²) < 4.78 is 11.0. The number of carbonyl (C=O) groups excluding carboxylic acids is 1. The molecule has 1 aromatic carbocycles. The van der Waals surface area contributed by atoms with Gasteiger partial charge in [-0.3, -0.25) is 0 Å². The fourth-order valence-electron chi connectivity index (χ4n) is 2.79. The van der Waals surface area contributed by atoms with Gasteiger partial charge >= 0.3 is 6.09 Å². The van der Waals surface area contributed by atoms with Crippen LogP contribution in [0.15, 0.2) is 30.5 Å². The van der Waals surface area contributed by atoms with Crippen molar-refractivity contribution < 1.29 is 14.3 Å². The molecule has 1 aliphatic carbocycles. The smallest absolute Gasteiger partial charge is 0.407 e. The highest BCUT2D eigenvalue weighted by molar-refractivity contribution is 7.15. The Morgan fingerprint density at radius 3 is 2.61 bits per heavy atom. The number of amides is 1. The van der Waals surface area contributed by atoms with E-state index >= 15 is 0 Å². The first kappa shape index (κ1) is 20.2. The molecule has 1 amide bonds. The minimum absolute atomic E-state index is 0.191. The number of hydrogen-bond acceptors (Lipinski definition) is 6. The molecule has 1 saturated carbocycles. The van der Waals surface area contributed by atoms with E-state index in [1.807, 2.05) is 45.0 Å². The molecule has 1 heterocycles. The van der Waals surface area contributed by atoms with E-state index in [9.17, 15) is 10.1 Å². The Morgan fingerprint density at radius 1 is 1.32 bits per heavy atom. The average molecular weight is 400 g/mol. The van der Waals surface area contributed by atoms with Crippen LogP contribution in [0.3, 0.4) is 0 Å². The molecule has 0 saturated heterocycles. The van der Waals surface area contributed by atoms with Crippen LogP contribution in [0, 0.1) is 16.7 Å². The van der Waals surface area contributed by atoms with Crippen LogP contribution in [0.5, 0.6) is 5.75 Å². The molecule has 0 spiro atoms. The van der Waals surface area contributed by atoms with E-state index in [0.29, 0.717) is 6.61 Å². The number of hydrogen-bond donors (Lipinski definition) is 1. The summed E-state index contributed by atoms with van der Waals surface area (Å²) in [5.41, 5.74) is 0.342. The molecule has 3 rings (SSSR count). The molecule has 1 N–H and O–H groups in total. The molecule has 0 aliphatic heterocycles. The Kier molecular flexibility index (Phi) is 5.90. The van der Waals surface area contributed by atoms with Gasteiger partial charge < -0.3 is 14.8 Å². The lowest BCUT2D eigenvalue weighted by molar-refractivity contribution is 0.115. The summed E-state index contributed by atoms with van der Waals surface area (Å²) in [6.07, 6.45) is 4.22. The van der Waals surface area contributed by atoms with Crippen molar-refractivity contribution in [1.82, 2.24) is 10.3 Å². The highest BCUT2D eigenvalue weighted by Gasteiger charge is 2.38. The van der Waals surface area contributed by atoms with E-state index in [4.69, 9.17) is 9.47 Å². The number of alkyl carbamates (subject to hydrolysis) is 1. The zero-order chi connectivity index (χ0) is 20.2. The van der Waals surface area contributed by atoms with Gasteiger partial charge in [-0.05, 0) is 57.9 Å². The zero-order valence-electron chi connectivity index (χ0n) is 16.4. The van der Waals surface area contributed by atoms with Gasteiger partial charge in [0, 0.05) is 17.3 Å². The molecule has 2 aromatic rings. The van der Waals surface area contributed by atoms with Gasteiger partial charge in [0.05, 0.1) is 16.4 Å². The summed E-state index contributed by atoms with van der Waals surface area (Å²) in [4.78, 5) is 17.0. The monoisotopic (exact) mass is 399 g/mol. The summed E-state index contributed by atoms with van der Waals surface area (Å²) in [5, 5.41) is 12.9. The molecule has 148 valence electrons. The minimum Gasteiger partial charge on any atom is -0.492 e. The van der Waals surface area contributed by atoms with Crippen LogP contribution >= 0.6 is 11.3 Å². The first-order chi connectivity index (χ1) is 13.3. The average Bonchev–Trinajstić information content (AvgIpc) is 3.07. The van der Waals surface area contributed by atoms with Gasteiger partial charge in [-0.25, -0.2) is 9.78 Å². The molecule has 6 nitrogen and oxygen atoms in total. The molecule has 1 aliphatic rings. The second kappa shape index (κ2) is 8.19. The largest absolute Gasteiger partial charge is 0.492 e. The maximum atomic E-state index is 11.7. The molecule has 0 unspecified atom stereocenters. The van der Waals surface area contributed by atoms with Gasteiger partial charge in [0.15, 0.2) is 0 Å². The Labute approximate surface area is 169 Å². The quantitative estimate of drug-likeness (QED) is 0.746. The number of carbonyl (C=O) groups is 1.